The number of aryl methyl sites for hydroxylation is 1. The smallest absolute Gasteiger partial charge is 0.122 e. The third kappa shape index (κ3) is 5.98. The van der Waals surface area contributed by atoms with Crippen LogP contribution in [0.2, 0.25) is 0 Å². The lowest BCUT2D eigenvalue weighted by molar-refractivity contribution is 0.200. The van der Waals surface area contributed by atoms with Gasteiger partial charge in [0.15, 0.2) is 0 Å². The van der Waals surface area contributed by atoms with E-state index >= 15 is 0 Å². The maximum Gasteiger partial charge on any atom is 0.122 e. The fraction of sp³-hybridized carbons (Fsp3) is 0.333. The van der Waals surface area contributed by atoms with Crippen LogP contribution in [0.4, 0.5) is 5.69 Å². The number of aliphatic hydroxyl groups excluding tert-OH is 1. The van der Waals surface area contributed by atoms with Crippen molar-refractivity contribution in [1.29, 1.82) is 0 Å². The van der Waals surface area contributed by atoms with Crippen LogP contribution >= 0.6 is 0 Å². The highest BCUT2D eigenvalue weighted by molar-refractivity contribution is 5.51. The molecule has 24 heavy (non-hydrogen) atoms. The molecular weight excluding hydrogens is 298 g/mol. The molecule has 0 fully saturated rings. The lowest BCUT2D eigenvalue weighted by Gasteiger charge is -2.11. The molecular formula is C21H27NO2. The molecule has 0 amide bonds. The van der Waals surface area contributed by atoms with Crippen molar-refractivity contribution in [3.05, 3.63) is 59.2 Å². The van der Waals surface area contributed by atoms with E-state index in [1.165, 1.54) is 0 Å². The molecule has 2 rings (SSSR count). The molecule has 0 aliphatic heterocycles. The van der Waals surface area contributed by atoms with Gasteiger partial charge >= 0.3 is 0 Å². The maximum absolute atomic E-state index is 8.79. The second-order valence-corrected chi connectivity index (χ2v) is 5.24. The van der Waals surface area contributed by atoms with Crippen LogP contribution in [0.5, 0.6) is 5.75 Å². The SMILES string of the molecule is CC.Cc1cc(C#Cc2ccc(N(C)C)cc2)ccc1OCCO. The van der Waals surface area contributed by atoms with Crippen LogP contribution < -0.4 is 9.64 Å². The van der Waals surface area contributed by atoms with Crippen LogP contribution in [0.3, 0.4) is 0 Å². The van der Waals surface area contributed by atoms with Gasteiger partial charge in [-0.25, -0.2) is 0 Å². The summed E-state index contributed by atoms with van der Waals surface area (Å²) in [6.45, 7) is 6.30. The van der Waals surface area contributed by atoms with E-state index in [2.05, 4.69) is 28.9 Å². The van der Waals surface area contributed by atoms with E-state index in [1.54, 1.807) is 0 Å². The van der Waals surface area contributed by atoms with Crippen LogP contribution in [0, 0.1) is 18.8 Å². The van der Waals surface area contributed by atoms with Gasteiger partial charge in [0.2, 0.25) is 0 Å². The Morgan fingerprint density at radius 3 is 2.08 bits per heavy atom. The van der Waals surface area contributed by atoms with Crippen LogP contribution in [0.1, 0.15) is 30.5 Å². The number of ether oxygens (including phenoxy) is 1. The van der Waals surface area contributed by atoms with Gasteiger partial charge in [-0.05, 0) is 55.0 Å². The van der Waals surface area contributed by atoms with Crippen LogP contribution in [0.25, 0.3) is 0 Å². The molecule has 0 atom stereocenters. The number of nitrogens with zero attached hydrogens (tertiary/aromatic N) is 1. The molecule has 2 aromatic rings. The monoisotopic (exact) mass is 325 g/mol. The van der Waals surface area contributed by atoms with Gasteiger partial charge in [0.1, 0.15) is 12.4 Å². The normalized spacial score (nSPS) is 9.25. The van der Waals surface area contributed by atoms with E-state index in [4.69, 9.17) is 9.84 Å². The molecule has 0 unspecified atom stereocenters. The Morgan fingerprint density at radius 1 is 0.958 bits per heavy atom. The second-order valence-electron chi connectivity index (χ2n) is 5.24. The highest BCUT2D eigenvalue weighted by Crippen LogP contribution is 2.18. The summed E-state index contributed by atoms with van der Waals surface area (Å²) in [5.74, 6) is 7.12. The van der Waals surface area contributed by atoms with E-state index < -0.39 is 0 Å². The number of hydrogen-bond donors (Lipinski definition) is 1. The van der Waals surface area contributed by atoms with Crippen molar-refractivity contribution in [3.8, 4) is 17.6 Å². The summed E-state index contributed by atoms with van der Waals surface area (Å²) in [7, 11) is 4.04. The summed E-state index contributed by atoms with van der Waals surface area (Å²) >= 11 is 0. The van der Waals surface area contributed by atoms with Crippen molar-refractivity contribution in [2.75, 3.05) is 32.2 Å². The van der Waals surface area contributed by atoms with Gasteiger partial charge in [0, 0.05) is 30.9 Å². The average Bonchev–Trinajstić information content (AvgIpc) is 2.61. The van der Waals surface area contributed by atoms with Crippen molar-refractivity contribution >= 4 is 5.69 Å². The topological polar surface area (TPSA) is 32.7 Å². The van der Waals surface area contributed by atoms with Gasteiger partial charge in [-0.1, -0.05) is 25.7 Å². The summed E-state index contributed by atoms with van der Waals surface area (Å²) in [5, 5.41) is 8.79. The van der Waals surface area contributed by atoms with E-state index in [9.17, 15) is 0 Å². The van der Waals surface area contributed by atoms with Gasteiger partial charge in [-0.15, -0.1) is 0 Å². The van der Waals surface area contributed by atoms with Crippen LogP contribution in [0.15, 0.2) is 42.5 Å². The Kier molecular flexibility index (Phi) is 8.46. The van der Waals surface area contributed by atoms with Crippen molar-refractivity contribution in [3.63, 3.8) is 0 Å². The molecule has 2 aromatic carbocycles. The highest BCUT2D eigenvalue weighted by atomic mass is 16.5. The highest BCUT2D eigenvalue weighted by Gasteiger charge is 1.99. The van der Waals surface area contributed by atoms with Gasteiger partial charge in [0.25, 0.3) is 0 Å². The maximum atomic E-state index is 8.79. The van der Waals surface area contributed by atoms with E-state index in [0.717, 1.165) is 28.1 Å². The molecule has 3 nitrogen and oxygen atoms in total. The second kappa shape index (κ2) is 10.4. The average molecular weight is 325 g/mol. The first-order valence-electron chi connectivity index (χ1n) is 8.24. The summed E-state index contributed by atoms with van der Waals surface area (Å²) in [6.07, 6.45) is 0. The van der Waals surface area contributed by atoms with Crippen molar-refractivity contribution in [1.82, 2.24) is 0 Å². The summed E-state index contributed by atoms with van der Waals surface area (Å²) < 4.78 is 5.44. The molecule has 0 spiro atoms. The fourth-order valence-corrected chi connectivity index (χ4v) is 2.03. The molecule has 0 aromatic heterocycles. The Hall–Kier alpha value is -2.44. The third-order valence-electron chi connectivity index (χ3n) is 3.26. The Morgan fingerprint density at radius 2 is 1.54 bits per heavy atom. The number of hydrogen-bond acceptors (Lipinski definition) is 3. The summed E-state index contributed by atoms with van der Waals surface area (Å²) in [5.41, 5.74) is 4.12. The number of rotatable bonds is 4. The molecule has 0 aliphatic rings. The Bertz CT molecular complexity index is 679. The lowest BCUT2D eigenvalue weighted by atomic mass is 10.1. The van der Waals surface area contributed by atoms with Crippen molar-refractivity contribution in [2.45, 2.75) is 20.8 Å². The van der Waals surface area contributed by atoms with Gasteiger partial charge in [-0.3, -0.25) is 0 Å². The number of anilines is 1. The minimum Gasteiger partial charge on any atom is -0.491 e. The minimum absolute atomic E-state index is 0.0178. The molecule has 0 bridgehead atoms. The van der Waals surface area contributed by atoms with Crippen molar-refractivity contribution in [2.24, 2.45) is 0 Å². The Balaban J connectivity index is 0.00000139. The van der Waals surface area contributed by atoms with Crippen LogP contribution in [-0.2, 0) is 0 Å². The predicted octanol–water partition coefficient (Wildman–Crippen LogP) is 3.86. The van der Waals surface area contributed by atoms with Crippen molar-refractivity contribution < 1.29 is 9.84 Å². The molecule has 0 heterocycles. The standard InChI is InChI=1S/C19H21NO2.C2H6/c1-15-14-17(8-11-19(15)22-13-12-21)5-4-16-6-9-18(10-7-16)20(2)3;1-2/h6-11,14,21H,12-13H2,1-3H3;1-2H3. The Labute approximate surface area is 145 Å². The zero-order valence-corrected chi connectivity index (χ0v) is 15.3. The fourth-order valence-electron chi connectivity index (χ4n) is 2.03. The van der Waals surface area contributed by atoms with E-state index in [0.29, 0.717) is 6.61 Å². The number of aliphatic hydroxyl groups is 1. The predicted molar refractivity (Wildman–Crippen MR) is 102 cm³/mol. The van der Waals surface area contributed by atoms with Crippen LogP contribution in [-0.4, -0.2) is 32.4 Å². The summed E-state index contributed by atoms with van der Waals surface area (Å²) in [4.78, 5) is 2.06. The van der Waals surface area contributed by atoms with E-state index in [1.807, 2.05) is 65.2 Å². The van der Waals surface area contributed by atoms with E-state index in [-0.39, 0.29) is 6.61 Å². The quantitative estimate of drug-likeness (QED) is 0.867. The zero-order valence-electron chi connectivity index (χ0n) is 15.3. The molecule has 0 saturated carbocycles. The molecule has 128 valence electrons. The van der Waals surface area contributed by atoms with Gasteiger partial charge in [-0.2, -0.15) is 0 Å². The number of benzene rings is 2. The van der Waals surface area contributed by atoms with Gasteiger partial charge < -0.3 is 14.7 Å². The lowest BCUT2D eigenvalue weighted by Crippen LogP contribution is -2.07. The molecule has 0 radical (unpaired) electrons. The summed E-state index contributed by atoms with van der Waals surface area (Å²) in [6, 6.07) is 14.0. The van der Waals surface area contributed by atoms with Gasteiger partial charge in [0.05, 0.1) is 6.61 Å². The minimum atomic E-state index is 0.0178. The molecule has 0 saturated heterocycles. The molecule has 1 N–H and O–H groups in total. The zero-order chi connectivity index (χ0) is 17.9. The largest absolute Gasteiger partial charge is 0.491 e. The first kappa shape index (κ1) is 19.6. The first-order valence-corrected chi connectivity index (χ1v) is 8.24. The first-order chi connectivity index (χ1) is 11.6. The molecule has 0 aliphatic carbocycles. The molecule has 3 heteroatoms. The third-order valence-corrected chi connectivity index (χ3v) is 3.26.